The first-order valence-corrected chi connectivity index (χ1v) is 10.4. The third-order valence-electron chi connectivity index (χ3n) is 4.62. The van der Waals surface area contributed by atoms with Crippen LogP contribution in [-0.4, -0.2) is 15.4 Å². The number of ether oxygens (including phenoxy) is 1. The number of aromatic nitrogens is 1. The number of halogens is 7. The number of hydrogen-bond acceptors (Lipinski definition) is 4. The van der Waals surface area contributed by atoms with Crippen molar-refractivity contribution in [3.05, 3.63) is 68.8 Å². The van der Waals surface area contributed by atoms with Crippen LogP contribution in [-0.2, 0) is 24.0 Å². The van der Waals surface area contributed by atoms with Gasteiger partial charge in [-0.15, -0.1) is 0 Å². The lowest BCUT2D eigenvalue weighted by Crippen LogP contribution is -2.13. The molecule has 12 heteroatoms. The SMILES string of the molecule is CC(Cc1cc(F)c(OCc2c(-c3ccc(Cl)c(F)c3)nsc2C(F)(F)F)c(F)c1)C(=O)O. The van der Waals surface area contributed by atoms with Crippen molar-refractivity contribution in [3.63, 3.8) is 0 Å². The third-order valence-corrected chi connectivity index (χ3v) is 5.86. The van der Waals surface area contributed by atoms with Gasteiger partial charge in [0, 0.05) is 11.1 Å². The van der Waals surface area contributed by atoms with Gasteiger partial charge in [0.25, 0.3) is 0 Å². The molecule has 1 heterocycles. The van der Waals surface area contributed by atoms with Crippen molar-refractivity contribution in [1.29, 1.82) is 0 Å². The molecule has 1 unspecified atom stereocenters. The predicted molar refractivity (Wildman–Crippen MR) is 109 cm³/mol. The van der Waals surface area contributed by atoms with Crippen LogP contribution in [0.1, 0.15) is 22.9 Å². The predicted octanol–water partition coefficient (Wildman–Crippen LogP) is 6.74. The standard InChI is InChI=1S/C21H14ClF6NO3S/c1-9(20(30)31)4-10-5-15(24)18(16(25)6-10)32-8-12-17(29-33-19(12)21(26,27)28)11-2-3-13(22)14(23)7-11/h2-3,5-7,9H,4,8H2,1H3,(H,30,31). The van der Waals surface area contributed by atoms with Gasteiger partial charge < -0.3 is 9.84 Å². The summed E-state index contributed by atoms with van der Waals surface area (Å²) in [6, 6.07) is 4.98. The summed E-state index contributed by atoms with van der Waals surface area (Å²) in [7, 11) is 0. The summed E-state index contributed by atoms with van der Waals surface area (Å²) < 4.78 is 91.9. The molecule has 3 rings (SSSR count). The molecule has 1 atom stereocenters. The van der Waals surface area contributed by atoms with Crippen LogP contribution >= 0.6 is 23.1 Å². The van der Waals surface area contributed by atoms with E-state index in [9.17, 15) is 31.1 Å². The van der Waals surface area contributed by atoms with Crippen molar-refractivity contribution in [2.45, 2.75) is 26.1 Å². The molecule has 1 aromatic heterocycles. The number of hydrogen-bond donors (Lipinski definition) is 1. The maximum absolute atomic E-state index is 14.4. The lowest BCUT2D eigenvalue weighted by atomic mass is 10.0. The highest BCUT2D eigenvalue weighted by molar-refractivity contribution is 7.06. The second-order valence-electron chi connectivity index (χ2n) is 7.09. The van der Waals surface area contributed by atoms with Gasteiger partial charge in [-0.2, -0.15) is 17.5 Å². The Hall–Kier alpha value is -2.79. The lowest BCUT2D eigenvalue weighted by molar-refractivity contribution is -0.141. The monoisotopic (exact) mass is 509 g/mol. The molecule has 0 fully saturated rings. The van der Waals surface area contributed by atoms with Crippen LogP contribution in [0, 0.1) is 23.4 Å². The smallest absolute Gasteiger partial charge is 0.427 e. The molecule has 0 saturated carbocycles. The zero-order valence-electron chi connectivity index (χ0n) is 16.6. The fraction of sp³-hybridized carbons (Fsp3) is 0.238. The van der Waals surface area contributed by atoms with Crippen molar-refractivity contribution in [1.82, 2.24) is 4.37 Å². The summed E-state index contributed by atoms with van der Waals surface area (Å²) >= 11 is 5.70. The Labute approximate surface area is 192 Å². The first-order valence-electron chi connectivity index (χ1n) is 9.23. The Kier molecular flexibility index (Phi) is 7.23. The zero-order chi connectivity index (χ0) is 24.5. The Morgan fingerprint density at radius 2 is 1.79 bits per heavy atom. The van der Waals surface area contributed by atoms with Gasteiger partial charge >= 0.3 is 12.1 Å². The highest BCUT2D eigenvalue weighted by Gasteiger charge is 2.38. The second-order valence-corrected chi connectivity index (χ2v) is 8.27. The summed E-state index contributed by atoms with van der Waals surface area (Å²) in [5.41, 5.74) is -0.786. The maximum atomic E-state index is 14.4. The zero-order valence-corrected chi connectivity index (χ0v) is 18.2. The summed E-state index contributed by atoms with van der Waals surface area (Å²) in [4.78, 5) is 9.77. The highest BCUT2D eigenvalue weighted by atomic mass is 35.5. The number of nitrogens with zero attached hydrogens (tertiary/aromatic N) is 1. The minimum Gasteiger partial charge on any atom is -0.483 e. The van der Waals surface area contributed by atoms with Crippen molar-refractivity contribution in [2.75, 3.05) is 0 Å². The van der Waals surface area contributed by atoms with Crippen molar-refractivity contribution in [2.24, 2.45) is 5.92 Å². The lowest BCUT2D eigenvalue weighted by Gasteiger charge is -2.13. The topological polar surface area (TPSA) is 59.4 Å². The first kappa shape index (κ1) is 24.8. The molecule has 33 heavy (non-hydrogen) atoms. The van der Waals surface area contributed by atoms with Gasteiger partial charge in [-0.05, 0) is 47.8 Å². The molecule has 1 N–H and O–H groups in total. The number of aliphatic carboxylic acids is 1. The molecule has 0 saturated heterocycles. The van der Waals surface area contributed by atoms with Crippen LogP contribution < -0.4 is 4.74 Å². The molecule has 0 aliphatic rings. The van der Waals surface area contributed by atoms with Gasteiger partial charge in [0.1, 0.15) is 17.3 Å². The van der Waals surface area contributed by atoms with Crippen LogP contribution in [0.15, 0.2) is 30.3 Å². The van der Waals surface area contributed by atoms with Crippen molar-refractivity contribution < 1.29 is 41.0 Å². The summed E-state index contributed by atoms with van der Waals surface area (Å²) in [6.45, 7) is 0.440. The van der Waals surface area contributed by atoms with E-state index in [1.54, 1.807) is 0 Å². The number of benzene rings is 2. The number of alkyl halides is 3. The molecular weight excluding hydrogens is 496 g/mol. The maximum Gasteiger partial charge on any atom is 0.427 e. The average molecular weight is 510 g/mol. The number of rotatable bonds is 7. The number of carbonyl (C=O) groups is 1. The molecule has 3 aromatic rings. The molecule has 0 radical (unpaired) electrons. The van der Waals surface area contributed by atoms with Crippen LogP contribution in [0.5, 0.6) is 5.75 Å². The van der Waals surface area contributed by atoms with E-state index in [-0.39, 0.29) is 39.8 Å². The molecule has 0 aliphatic carbocycles. The van der Waals surface area contributed by atoms with Gasteiger partial charge in [0.05, 0.1) is 16.6 Å². The molecule has 0 bridgehead atoms. The van der Waals surface area contributed by atoms with Crippen molar-refractivity contribution in [3.8, 4) is 17.0 Å². The average Bonchev–Trinajstić information content (AvgIpc) is 3.13. The van der Waals surface area contributed by atoms with E-state index in [4.69, 9.17) is 21.4 Å². The fourth-order valence-corrected chi connectivity index (χ4v) is 3.87. The molecule has 4 nitrogen and oxygen atoms in total. The van der Waals surface area contributed by atoms with Crippen molar-refractivity contribution >= 4 is 29.1 Å². The fourth-order valence-electron chi connectivity index (χ4n) is 2.99. The quantitative estimate of drug-likeness (QED) is 0.358. The van der Waals surface area contributed by atoms with Crippen LogP contribution in [0.2, 0.25) is 5.02 Å². The minimum absolute atomic E-state index is 0.0267. The normalized spacial score (nSPS) is 12.6. The Morgan fingerprint density at radius 1 is 1.15 bits per heavy atom. The highest BCUT2D eigenvalue weighted by Crippen LogP contribution is 2.41. The summed E-state index contributed by atoms with van der Waals surface area (Å²) in [6.07, 6.45) is -5.00. The van der Waals surface area contributed by atoms with Gasteiger partial charge in [0.2, 0.25) is 0 Å². The van der Waals surface area contributed by atoms with E-state index in [1.807, 2.05) is 0 Å². The molecular formula is C21H14ClF6NO3S. The second kappa shape index (κ2) is 9.60. The third kappa shape index (κ3) is 5.59. The van der Waals surface area contributed by atoms with Gasteiger partial charge in [-0.3, -0.25) is 4.79 Å². The minimum atomic E-state index is -4.84. The van der Waals surface area contributed by atoms with E-state index >= 15 is 0 Å². The number of carboxylic acids is 1. The Bertz CT molecular complexity index is 1170. The van der Waals surface area contributed by atoms with E-state index in [1.165, 1.54) is 13.0 Å². The summed E-state index contributed by atoms with van der Waals surface area (Å²) in [5.74, 6) is -6.31. The Morgan fingerprint density at radius 3 is 2.33 bits per heavy atom. The van der Waals surface area contributed by atoms with E-state index < -0.39 is 58.3 Å². The molecule has 2 aromatic carbocycles. The molecule has 0 aliphatic heterocycles. The van der Waals surface area contributed by atoms with Crippen LogP contribution in [0.25, 0.3) is 11.3 Å². The van der Waals surface area contributed by atoms with Gasteiger partial charge in [-0.25, -0.2) is 13.2 Å². The van der Waals surface area contributed by atoms with E-state index in [0.29, 0.717) is 0 Å². The Balaban J connectivity index is 1.94. The van der Waals surface area contributed by atoms with Crippen LogP contribution in [0.4, 0.5) is 26.3 Å². The summed E-state index contributed by atoms with van der Waals surface area (Å²) in [5, 5.41) is 8.68. The number of carboxylic acid groups (broad SMARTS) is 1. The van der Waals surface area contributed by atoms with E-state index in [0.717, 1.165) is 24.3 Å². The molecule has 0 amide bonds. The molecule has 176 valence electrons. The van der Waals surface area contributed by atoms with E-state index in [2.05, 4.69) is 4.37 Å². The van der Waals surface area contributed by atoms with Gasteiger partial charge in [-0.1, -0.05) is 24.6 Å². The van der Waals surface area contributed by atoms with Crippen LogP contribution in [0.3, 0.4) is 0 Å². The first-order chi connectivity index (χ1) is 15.4. The van der Waals surface area contributed by atoms with Gasteiger partial charge in [0.15, 0.2) is 17.4 Å². The largest absolute Gasteiger partial charge is 0.483 e. The molecule has 0 spiro atoms.